The lowest BCUT2D eigenvalue weighted by Crippen LogP contribution is -2.49. The van der Waals surface area contributed by atoms with Crippen molar-refractivity contribution in [2.45, 2.75) is 91.5 Å². The average Bonchev–Trinajstić information content (AvgIpc) is 3.31. The molecule has 3 atom stereocenters. The first-order valence-corrected chi connectivity index (χ1v) is 10.5. The Morgan fingerprint density at radius 3 is 2.71 bits per heavy atom. The number of nitrogens with zero attached hydrogens (tertiary/aromatic N) is 4. The maximum atomic E-state index is 5.83. The van der Waals surface area contributed by atoms with E-state index in [-0.39, 0.29) is 36.1 Å². The molecule has 162 valence electrons. The van der Waals surface area contributed by atoms with E-state index in [1.165, 1.54) is 6.42 Å². The fraction of sp³-hybridized carbons (Fsp3) is 0.850. The van der Waals surface area contributed by atoms with Crippen molar-refractivity contribution in [2.24, 2.45) is 10.9 Å². The Kier molecular flexibility index (Phi) is 12.0. The smallest absolute Gasteiger partial charge is 0.191 e. The van der Waals surface area contributed by atoms with Crippen molar-refractivity contribution in [3.8, 4) is 0 Å². The van der Waals surface area contributed by atoms with Crippen LogP contribution in [0.1, 0.15) is 66.1 Å². The monoisotopic (exact) mass is 506 g/mol. The standard InChI is InChI=1S/C20H38N6O.HI/c1-6-19-25-22-14-26(19)12-11-21-20(23-16(4)10-9-15(2)3)24-17(5)18-8-7-13-27-18;/h14-18H,6-13H2,1-5H3,(H2,21,23,24);1H. The van der Waals surface area contributed by atoms with Crippen LogP contribution in [0.5, 0.6) is 0 Å². The maximum Gasteiger partial charge on any atom is 0.191 e. The van der Waals surface area contributed by atoms with Gasteiger partial charge in [0.15, 0.2) is 5.96 Å². The number of hydrogen-bond acceptors (Lipinski definition) is 4. The van der Waals surface area contributed by atoms with Crippen LogP contribution in [-0.2, 0) is 17.7 Å². The number of rotatable bonds is 10. The van der Waals surface area contributed by atoms with Crippen LogP contribution in [0.15, 0.2) is 11.3 Å². The highest BCUT2D eigenvalue weighted by Gasteiger charge is 2.23. The highest BCUT2D eigenvalue weighted by atomic mass is 127. The summed E-state index contributed by atoms with van der Waals surface area (Å²) in [5.41, 5.74) is 0. The van der Waals surface area contributed by atoms with Crippen molar-refractivity contribution in [3.05, 3.63) is 12.2 Å². The number of aryl methyl sites for hydroxylation is 1. The van der Waals surface area contributed by atoms with Gasteiger partial charge in [0.05, 0.1) is 18.7 Å². The fourth-order valence-corrected chi connectivity index (χ4v) is 3.34. The molecule has 1 aromatic rings. The van der Waals surface area contributed by atoms with Crippen LogP contribution in [0.4, 0.5) is 0 Å². The Bertz CT molecular complexity index is 571. The van der Waals surface area contributed by atoms with E-state index in [1.54, 1.807) is 6.33 Å². The van der Waals surface area contributed by atoms with Gasteiger partial charge in [-0.15, -0.1) is 34.2 Å². The fourth-order valence-electron chi connectivity index (χ4n) is 3.34. The number of aromatic nitrogens is 3. The van der Waals surface area contributed by atoms with Crippen LogP contribution in [0.2, 0.25) is 0 Å². The molecule has 8 heteroatoms. The molecular formula is C20H39IN6O. The molecule has 1 aromatic heterocycles. The second-order valence-electron chi connectivity index (χ2n) is 8.03. The Balaban J connectivity index is 0.00000392. The summed E-state index contributed by atoms with van der Waals surface area (Å²) in [5, 5.41) is 15.3. The molecule has 1 fully saturated rings. The Morgan fingerprint density at radius 1 is 1.29 bits per heavy atom. The van der Waals surface area contributed by atoms with E-state index in [0.717, 1.165) is 56.5 Å². The van der Waals surface area contributed by atoms with E-state index in [1.807, 2.05) is 0 Å². The van der Waals surface area contributed by atoms with Gasteiger partial charge in [-0.25, -0.2) is 0 Å². The number of ether oxygens (including phenoxy) is 1. The summed E-state index contributed by atoms with van der Waals surface area (Å²) in [7, 11) is 0. The molecule has 28 heavy (non-hydrogen) atoms. The molecule has 2 N–H and O–H groups in total. The van der Waals surface area contributed by atoms with Crippen LogP contribution in [0.25, 0.3) is 0 Å². The zero-order chi connectivity index (χ0) is 19.6. The molecule has 0 aliphatic carbocycles. The maximum absolute atomic E-state index is 5.83. The lowest BCUT2D eigenvalue weighted by atomic mass is 10.0. The molecule has 1 aliphatic heterocycles. The SMILES string of the molecule is CCc1nncn1CCN=C(NC(C)CCC(C)C)NC(C)C1CCCO1.I. The minimum Gasteiger partial charge on any atom is -0.376 e. The molecule has 0 amide bonds. The third-order valence-corrected chi connectivity index (χ3v) is 5.07. The van der Waals surface area contributed by atoms with Gasteiger partial charge in [-0.05, 0) is 45.4 Å². The van der Waals surface area contributed by atoms with E-state index in [0.29, 0.717) is 12.6 Å². The molecular weight excluding hydrogens is 467 g/mol. The topological polar surface area (TPSA) is 76.4 Å². The van der Waals surface area contributed by atoms with Crippen molar-refractivity contribution in [1.29, 1.82) is 0 Å². The number of hydrogen-bond donors (Lipinski definition) is 2. The van der Waals surface area contributed by atoms with Crippen molar-refractivity contribution in [1.82, 2.24) is 25.4 Å². The first-order valence-electron chi connectivity index (χ1n) is 10.5. The highest BCUT2D eigenvalue weighted by molar-refractivity contribution is 14.0. The van der Waals surface area contributed by atoms with Gasteiger partial charge in [-0.1, -0.05) is 20.8 Å². The van der Waals surface area contributed by atoms with Gasteiger partial charge < -0.3 is 19.9 Å². The average molecular weight is 506 g/mol. The quantitative estimate of drug-likeness (QED) is 0.289. The third kappa shape index (κ3) is 8.63. The largest absolute Gasteiger partial charge is 0.376 e. The predicted molar refractivity (Wildman–Crippen MR) is 125 cm³/mol. The number of aliphatic imine (C=N–C) groups is 1. The molecule has 0 saturated carbocycles. The first kappa shape index (κ1) is 25.1. The van der Waals surface area contributed by atoms with E-state index in [4.69, 9.17) is 9.73 Å². The van der Waals surface area contributed by atoms with Gasteiger partial charge in [-0.3, -0.25) is 4.99 Å². The van der Waals surface area contributed by atoms with E-state index >= 15 is 0 Å². The van der Waals surface area contributed by atoms with Crippen LogP contribution in [-0.4, -0.2) is 52.1 Å². The summed E-state index contributed by atoms with van der Waals surface area (Å²) < 4.78 is 7.90. The molecule has 0 spiro atoms. The lowest BCUT2D eigenvalue weighted by Gasteiger charge is -2.25. The normalized spacial score (nSPS) is 19.4. The minimum absolute atomic E-state index is 0. The van der Waals surface area contributed by atoms with Crippen molar-refractivity contribution < 1.29 is 4.74 Å². The van der Waals surface area contributed by atoms with Crippen molar-refractivity contribution in [3.63, 3.8) is 0 Å². The molecule has 0 radical (unpaired) electrons. The van der Waals surface area contributed by atoms with Gasteiger partial charge in [-0.2, -0.15) is 0 Å². The second-order valence-corrected chi connectivity index (χ2v) is 8.03. The Morgan fingerprint density at radius 2 is 2.07 bits per heavy atom. The molecule has 2 heterocycles. The molecule has 0 bridgehead atoms. The first-order chi connectivity index (χ1) is 13.0. The van der Waals surface area contributed by atoms with Crippen LogP contribution in [0.3, 0.4) is 0 Å². The zero-order valence-corrected chi connectivity index (χ0v) is 20.5. The molecule has 1 saturated heterocycles. The van der Waals surface area contributed by atoms with Gasteiger partial charge in [0.25, 0.3) is 0 Å². The van der Waals surface area contributed by atoms with E-state index in [2.05, 4.69) is 60.0 Å². The Labute approximate surface area is 187 Å². The van der Waals surface area contributed by atoms with E-state index < -0.39 is 0 Å². The van der Waals surface area contributed by atoms with Crippen molar-refractivity contribution >= 4 is 29.9 Å². The van der Waals surface area contributed by atoms with Gasteiger partial charge in [0.2, 0.25) is 0 Å². The number of guanidine groups is 1. The van der Waals surface area contributed by atoms with E-state index in [9.17, 15) is 0 Å². The van der Waals surface area contributed by atoms with Gasteiger partial charge >= 0.3 is 0 Å². The lowest BCUT2D eigenvalue weighted by molar-refractivity contribution is 0.0889. The van der Waals surface area contributed by atoms with Crippen molar-refractivity contribution in [2.75, 3.05) is 13.2 Å². The highest BCUT2D eigenvalue weighted by Crippen LogP contribution is 2.15. The number of nitrogens with one attached hydrogen (secondary N) is 2. The second kappa shape index (κ2) is 13.3. The molecule has 2 rings (SSSR count). The van der Waals surface area contributed by atoms with Crippen LogP contribution < -0.4 is 10.6 Å². The zero-order valence-electron chi connectivity index (χ0n) is 18.1. The third-order valence-electron chi connectivity index (χ3n) is 5.07. The molecule has 7 nitrogen and oxygen atoms in total. The molecule has 0 aromatic carbocycles. The minimum atomic E-state index is 0. The summed E-state index contributed by atoms with van der Waals surface area (Å²) in [5.74, 6) is 2.60. The summed E-state index contributed by atoms with van der Waals surface area (Å²) in [6.45, 7) is 13.4. The molecule has 3 unspecified atom stereocenters. The summed E-state index contributed by atoms with van der Waals surface area (Å²) in [4.78, 5) is 4.81. The Hall–Kier alpha value is -0.900. The number of halogens is 1. The van der Waals surface area contributed by atoms with Gasteiger partial charge in [0.1, 0.15) is 12.2 Å². The summed E-state index contributed by atoms with van der Waals surface area (Å²) in [6, 6.07) is 0.633. The summed E-state index contributed by atoms with van der Waals surface area (Å²) in [6.07, 6.45) is 7.55. The van der Waals surface area contributed by atoms with Crippen LogP contribution >= 0.6 is 24.0 Å². The molecule has 1 aliphatic rings. The predicted octanol–water partition coefficient (Wildman–Crippen LogP) is 3.39. The summed E-state index contributed by atoms with van der Waals surface area (Å²) >= 11 is 0. The van der Waals surface area contributed by atoms with Gasteiger partial charge in [0, 0.05) is 25.6 Å². The van der Waals surface area contributed by atoms with Crippen LogP contribution in [0, 0.1) is 5.92 Å².